The van der Waals surface area contributed by atoms with E-state index in [1.165, 1.54) is 11.1 Å². The molecule has 1 aliphatic rings. The van der Waals surface area contributed by atoms with Gasteiger partial charge < -0.3 is 14.8 Å². The third-order valence-electron chi connectivity index (χ3n) is 4.76. The first-order chi connectivity index (χ1) is 12.6. The fourth-order valence-corrected chi connectivity index (χ4v) is 3.30. The van der Waals surface area contributed by atoms with Gasteiger partial charge in [-0.2, -0.15) is 0 Å². The molecule has 27 heavy (non-hydrogen) atoms. The summed E-state index contributed by atoms with van der Waals surface area (Å²) in [7, 11) is 0. The topological polar surface area (TPSA) is 50.8 Å². The predicted octanol–water partition coefficient (Wildman–Crippen LogP) is 4.49. The summed E-state index contributed by atoms with van der Waals surface area (Å²) in [6.07, 6.45) is 1.58. The highest BCUT2D eigenvalue weighted by Crippen LogP contribution is 2.27. The van der Waals surface area contributed by atoms with Crippen molar-refractivity contribution in [1.29, 1.82) is 0 Å². The highest BCUT2D eigenvalue weighted by molar-refractivity contribution is 5.68. The van der Waals surface area contributed by atoms with E-state index in [1.807, 2.05) is 20.8 Å². The third kappa shape index (κ3) is 7.41. The van der Waals surface area contributed by atoms with Crippen molar-refractivity contribution in [2.45, 2.75) is 71.9 Å². The van der Waals surface area contributed by atoms with E-state index < -0.39 is 5.60 Å². The molecule has 1 aromatic carbocycles. The van der Waals surface area contributed by atoms with Gasteiger partial charge in [-0.25, -0.2) is 4.79 Å². The van der Waals surface area contributed by atoms with E-state index in [-0.39, 0.29) is 12.1 Å². The lowest BCUT2D eigenvalue weighted by Crippen LogP contribution is -2.46. The Morgan fingerprint density at radius 2 is 1.93 bits per heavy atom. The van der Waals surface area contributed by atoms with Gasteiger partial charge in [0.2, 0.25) is 0 Å². The van der Waals surface area contributed by atoms with Crippen LogP contribution in [0.2, 0.25) is 0 Å². The smallest absolute Gasteiger partial charge is 0.407 e. The quantitative estimate of drug-likeness (QED) is 0.795. The Morgan fingerprint density at radius 1 is 1.26 bits per heavy atom. The summed E-state index contributed by atoms with van der Waals surface area (Å²) in [6.45, 7) is 15.7. The first kappa shape index (κ1) is 21.5. The molecule has 1 saturated heterocycles. The van der Waals surface area contributed by atoms with Gasteiger partial charge in [0.05, 0.1) is 0 Å². The minimum absolute atomic E-state index is 0.196. The minimum Gasteiger partial charge on any atom is -0.492 e. The first-order valence-corrected chi connectivity index (χ1v) is 10.1. The van der Waals surface area contributed by atoms with Crippen molar-refractivity contribution in [1.82, 2.24) is 10.2 Å². The molecule has 2 rings (SSSR count). The number of rotatable bonds is 6. The van der Waals surface area contributed by atoms with Crippen LogP contribution in [0.15, 0.2) is 18.2 Å². The molecule has 1 heterocycles. The molecule has 1 aliphatic heterocycles. The number of aryl methyl sites for hydroxylation is 1. The second-order valence-electron chi connectivity index (χ2n) is 8.81. The summed E-state index contributed by atoms with van der Waals surface area (Å²) in [5.74, 6) is 1.46. The maximum atomic E-state index is 11.9. The number of ether oxygens (including phenoxy) is 2. The van der Waals surface area contributed by atoms with Gasteiger partial charge in [-0.1, -0.05) is 26.0 Å². The van der Waals surface area contributed by atoms with Crippen LogP contribution >= 0.6 is 0 Å². The van der Waals surface area contributed by atoms with Crippen molar-refractivity contribution in [2.75, 3.05) is 26.2 Å². The van der Waals surface area contributed by atoms with Gasteiger partial charge in [-0.05, 0) is 63.6 Å². The van der Waals surface area contributed by atoms with Crippen LogP contribution in [0.3, 0.4) is 0 Å². The zero-order chi connectivity index (χ0) is 20.0. The van der Waals surface area contributed by atoms with Gasteiger partial charge in [0.15, 0.2) is 0 Å². The van der Waals surface area contributed by atoms with Crippen LogP contribution in [-0.2, 0) is 4.74 Å². The van der Waals surface area contributed by atoms with Gasteiger partial charge in [-0.15, -0.1) is 0 Å². The second kappa shape index (κ2) is 9.45. The number of nitrogens with one attached hydrogen (secondary N) is 1. The van der Waals surface area contributed by atoms with Gasteiger partial charge in [0, 0.05) is 25.7 Å². The summed E-state index contributed by atoms with van der Waals surface area (Å²) in [5, 5.41) is 2.98. The summed E-state index contributed by atoms with van der Waals surface area (Å²) in [6, 6.07) is 6.64. The summed E-state index contributed by atoms with van der Waals surface area (Å²) in [5.41, 5.74) is 2.04. The average Bonchev–Trinajstić information content (AvgIpc) is 2.54. The molecule has 0 radical (unpaired) electrons. The SMILES string of the molecule is Cc1ccc(C(C)C)c(OCCN2CCC(NC(=O)OC(C)(C)C)CC2)c1. The van der Waals surface area contributed by atoms with Crippen molar-refractivity contribution < 1.29 is 14.3 Å². The Morgan fingerprint density at radius 3 is 2.52 bits per heavy atom. The number of carbonyl (C=O) groups is 1. The van der Waals surface area contributed by atoms with Gasteiger partial charge in [0.1, 0.15) is 18.0 Å². The number of carbonyl (C=O) groups excluding carboxylic acids is 1. The zero-order valence-corrected chi connectivity index (χ0v) is 17.8. The Hall–Kier alpha value is -1.75. The number of benzene rings is 1. The molecule has 0 saturated carbocycles. The first-order valence-electron chi connectivity index (χ1n) is 10.1. The fraction of sp³-hybridized carbons (Fsp3) is 0.682. The van der Waals surface area contributed by atoms with Crippen LogP contribution in [0.25, 0.3) is 0 Å². The van der Waals surface area contributed by atoms with Crippen molar-refractivity contribution >= 4 is 6.09 Å². The zero-order valence-electron chi connectivity index (χ0n) is 17.8. The number of likely N-dealkylation sites (tertiary alicyclic amines) is 1. The van der Waals surface area contributed by atoms with E-state index in [4.69, 9.17) is 9.47 Å². The molecule has 1 aromatic rings. The highest BCUT2D eigenvalue weighted by atomic mass is 16.6. The Kier molecular flexibility index (Phi) is 7.54. The fourth-order valence-electron chi connectivity index (χ4n) is 3.30. The van der Waals surface area contributed by atoms with E-state index in [2.05, 4.69) is 49.2 Å². The lowest BCUT2D eigenvalue weighted by Gasteiger charge is -2.32. The number of nitrogens with zero attached hydrogens (tertiary/aromatic N) is 1. The standard InChI is InChI=1S/C22H36N2O3/c1-16(2)19-8-7-17(3)15-20(19)26-14-13-24-11-9-18(10-12-24)23-21(25)27-22(4,5)6/h7-8,15-16,18H,9-14H2,1-6H3,(H,23,25). The Labute approximate surface area is 164 Å². The van der Waals surface area contributed by atoms with E-state index in [0.29, 0.717) is 12.5 Å². The molecule has 5 heteroatoms. The molecule has 0 aliphatic carbocycles. The summed E-state index contributed by atoms with van der Waals surface area (Å²) < 4.78 is 11.4. The van der Waals surface area contributed by atoms with Crippen molar-refractivity contribution in [3.8, 4) is 5.75 Å². The average molecular weight is 377 g/mol. The Bertz CT molecular complexity index is 614. The Balaban J connectivity index is 1.73. The molecular formula is C22H36N2O3. The molecule has 0 unspecified atom stereocenters. The van der Waals surface area contributed by atoms with Crippen molar-refractivity contribution in [3.05, 3.63) is 29.3 Å². The van der Waals surface area contributed by atoms with Gasteiger partial charge in [-0.3, -0.25) is 4.90 Å². The molecule has 1 fully saturated rings. The monoisotopic (exact) mass is 376 g/mol. The lowest BCUT2D eigenvalue weighted by molar-refractivity contribution is 0.0476. The number of alkyl carbamates (subject to hydrolysis) is 1. The lowest BCUT2D eigenvalue weighted by atomic mass is 10.0. The van der Waals surface area contributed by atoms with E-state index >= 15 is 0 Å². The normalized spacial score (nSPS) is 16.4. The van der Waals surface area contributed by atoms with E-state index in [0.717, 1.165) is 38.2 Å². The molecule has 1 N–H and O–H groups in total. The molecule has 0 bridgehead atoms. The van der Waals surface area contributed by atoms with Crippen LogP contribution < -0.4 is 10.1 Å². The number of hydrogen-bond acceptors (Lipinski definition) is 4. The summed E-state index contributed by atoms with van der Waals surface area (Å²) >= 11 is 0. The molecule has 1 amide bonds. The summed E-state index contributed by atoms with van der Waals surface area (Å²) in [4.78, 5) is 14.3. The van der Waals surface area contributed by atoms with Gasteiger partial charge in [0.25, 0.3) is 0 Å². The van der Waals surface area contributed by atoms with Gasteiger partial charge >= 0.3 is 6.09 Å². The minimum atomic E-state index is -0.452. The third-order valence-corrected chi connectivity index (χ3v) is 4.76. The molecule has 0 spiro atoms. The van der Waals surface area contributed by atoms with E-state index in [9.17, 15) is 4.79 Å². The van der Waals surface area contributed by atoms with Crippen LogP contribution in [0, 0.1) is 6.92 Å². The van der Waals surface area contributed by atoms with Crippen LogP contribution in [-0.4, -0.2) is 48.9 Å². The molecule has 5 nitrogen and oxygen atoms in total. The van der Waals surface area contributed by atoms with Crippen molar-refractivity contribution in [3.63, 3.8) is 0 Å². The van der Waals surface area contributed by atoms with Crippen molar-refractivity contribution in [2.24, 2.45) is 0 Å². The second-order valence-corrected chi connectivity index (χ2v) is 8.81. The van der Waals surface area contributed by atoms with Crippen LogP contribution in [0.4, 0.5) is 4.79 Å². The van der Waals surface area contributed by atoms with Crippen LogP contribution in [0.5, 0.6) is 5.75 Å². The maximum Gasteiger partial charge on any atom is 0.407 e. The van der Waals surface area contributed by atoms with Crippen LogP contribution in [0.1, 0.15) is 64.5 Å². The predicted molar refractivity (Wildman–Crippen MR) is 110 cm³/mol. The maximum absolute atomic E-state index is 11.9. The molecule has 152 valence electrons. The number of piperidine rings is 1. The molecular weight excluding hydrogens is 340 g/mol. The largest absolute Gasteiger partial charge is 0.492 e. The van der Waals surface area contributed by atoms with E-state index in [1.54, 1.807) is 0 Å². The number of hydrogen-bond donors (Lipinski definition) is 1. The highest BCUT2D eigenvalue weighted by Gasteiger charge is 2.23. The molecule has 0 aromatic heterocycles. The number of amides is 1. The molecule has 0 atom stereocenters.